The Morgan fingerprint density at radius 1 is 1.06 bits per heavy atom. The zero-order valence-corrected chi connectivity index (χ0v) is 19.5. The SMILES string of the molecule is COc1ccc(-c2cc3n(n2)CCC(=O)N3Cc2ccc(C(=O)NC3CCCCC3)cc2)cc1. The molecule has 1 aliphatic carbocycles. The van der Waals surface area contributed by atoms with Gasteiger partial charge >= 0.3 is 0 Å². The molecule has 2 amide bonds. The zero-order chi connectivity index (χ0) is 23.5. The van der Waals surface area contributed by atoms with E-state index < -0.39 is 0 Å². The number of carbonyl (C=O) groups is 2. The normalized spacial score (nSPS) is 16.3. The van der Waals surface area contributed by atoms with Crippen molar-refractivity contribution in [2.45, 2.75) is 57.7 Å². The van der Waals surface area contributed by atoms with Gasteiger partial charge in [0.1, 0.15) is 11.6 Å². The molecule has 0 unspecified atom stereocenters. The Hall–Kier alpha value is -3.61. The predicted octanol–water partition coefficient (Wildman–Crippen LogP) is 4.56. The van der Waals surface area contributed by atoms with E-state index >= 15 is 0 Å². The van der Waals surface area contributed by atoms with Crippen LogP contribution in [0.15, 0.2) is 54.6 Å². The van der Waals surface area contributed by atoms with E-state index in [-0.39, 0.29) is 17.9 Å². The monoisotopic (exact) mass is 458 g/mol. The van der Waals surface area contributed by atoms with Crippen molar-refractivity contribution in [1.82, 2.24) is 15.1 Å². The molecule has 0 atom stereocenters. The number of nitrogens with one attached hydrogen (secondary N) is 1. The molecule has 2 aliphatic rings. The number of methoxy groups -OCH3 is 1. The Morgan fingerprint density at radius 3 is 2.50 bits per heavy atom. The van der Waals surface area contributed by atoms with Crippen molar-refractivity contribution in [3.05, 3.63) is 65.7 Å². The molecular weight excluding hydrogens is 428 g/mol. The highest BCUT2D eigenvalue weighted by molar-refractivity contribution is 5.95. The smallest absolute Gasteiger partial charge is 0.251 e. The third-order valence-electron chi connectivity index (χ3n) is 6.76. The van der Waals surface area contributed by atoms with E-state index in [9.17, 15) is 9.59 Å². The van der Waals surface area contributed by atoms with E-state index in [1.807, 2.05) is 59.3 Å². The number of amides is 2. The van der Waals surface area contributed by atoms with Crippen LogP contribution in [0.1, 0.15) is 54.4 Å². The van der Waals surface area contributed by atoms with Crippen LogP contribution < -0.4 is 15.0 Å². The van der Waals surface area contributed by atoms with Crippen LogP contribution in [0.25, 0.3) is 11.3 Å². The molecule has 0 spiro atoms. The second-order valence-electron chi connectivity index (χ2n) is 9.07. The maximum absolute atomic E-state index is 12.8. The number of hydrogen-bond donors (Lipinski definition) is 1. The summed E-state index contributed by atoms with van der Waals surface area (Å²) in [7, 11) is 1.64. The van der Waals surface area contributed by atoms with Crippen LogP contribution in [0.5, 0.6) is 5.75 Å². The molecule has 1 aromatic heterocycles. The first-order valence-electron chi connectivity index (χ1n) is 12.0. The van der Waals surface area contributed by atoms with Gasteiger partial charge in [-0.3, -0.25) is 14.5 Å². The zero-order valence-electron chi connectivity index (χ0n) is 19.5. The topological polar surface area (TPSA) is 76.5 Å². The van der Waals surface area contributed by atoms with Gasteiger partial charge in [0.25, 0.3) is 5.91 Å². The molecule has 176 valence electrons. The van der Waals surface area contributed by atoms with Gasteiger partial charge in [-0.1, -0.05) is 31.4 Å². The highest BCUT2D eigenvalue weighted by Crippen LogP contribution is 2.30. The van der Waals surface area contributed by atoms with E-state index in [1.54, 1.807) is 12.0 Å². The van der Waals surface area contributed by atoms with Crippen molar-refractivity contribution < 1.29 is 14.3 Å². The maximum atomic E-state index is 12.8. The van der Waals surface area contributed by atoms with Crippen molar-refractivity contribution in [1.29, 1.82) is 0 Å². The van der Waals surface area contributed by atoms with Gasteiger partial charge in [-0.2, -0.15) is 5.10 Å². The molecule has 0 bridgehead atoms. The summed E-state index contributed by atoms with van der Waals surface area (Å²) in [5.41, 5.74) is 3.44. The summed E-state index contributed by atoms with van der Waals surface area (Å²) >= 11 is 0. The van der Waals surface area contributed by atoms with Gasteiger partial charge in [0, 0.05) is 29.7 Å². The van der Waals surface area contributed by atoms with Crippen LogP contribution in [-0.4, -0.2) is 34.7 Å². The van der Waals surface area contributed by atoms with Crippen LogP contribution in [0.3, 0.4) is 0 Å². The number of anilines is 1. The minimum atomic E-state index is -0.0188. The lowest BCUT2D eigenvalue weighted by Crippen LogP contribution is -2.37. The van der Waals surface area contributed by atoms with Gasteiger partial charge in [0.15, 0.2) is 0 Å². The lowest BCUT2D eigenvalue weighted by Gasteiger charge is -2.27. The summed E-state index contributed by atoms with van der Waals surface area (Å²) in [6.45, 7) is 1.01. The Morgan fingerprint density at radius 2 is 1.79 bits per heavy atom. The van der Waals surface area contributed by atoms with Crippen molar-refractivity contribution in [2.24, 2.45) is 0 Å². The first-order valence-corrected chi connectivity index (χ1v) is 12.0. The number of carbonyl (C=O) groups excluding carboxylic acids is 2. The van der Waals surface area contributed by atoms with Crippen LogP contribution in [0, 0.1) is 0 Å². The van der Waals surface area contributed by atoms with Crippen LogP contribution in [0.4, 0.5) is 5.82 Å². The number of aromatic nitrogens is 2. The minimum absolute atomic E-state index is 0.0188. The standard InChI is InChI=1S/C27H30N4O3/c1-34-23-13-11-20(12-14-23)24-17-25-30(26(32)15-16-31(25)29-24)18-19-7-9-21(10-8-19)27(33)28-22-5-3-2-4-6-22/h7-14,17,22H,2-6,15-16,18H2,1H3,(H,28,33). The number of rotatable bonds is 6. The average molecular weight is 459 g/mol. The van der Waals surface area contributed by atoms with E-state index in [2.05, 4.69) is 5.32 Å². The number of ether oxygens (including phenoxy) is 1. The first kappa shape index (κ1) is 22.2. The van der Waals surface area contributed by atoms with Crippen molar-refractivity contribution in [3.8, 4) is 17.0 Å². The second-order valence-corrected chi connectivity index (χ2v) is 9.07. The lowest BCUT2D eigenvalue weighted by atomic mass is 9.95. The van der Waals surface area contributed by atoms with E-state index in [0.717, 1.165) is 41.2 Å². The highest BCUT2D eigenvalue weighted by atomic mass is 16.5. The van der Waals surface area contributed by atoms with E-state index in [4.69, 9.17) is 9.84 Å². The van der Waals surface area contributed by atoms with Gasteiger partial charge in [-0.05, 0) is 54.8 Å². The van der Waals surface area contributed by atoms with Crippen LogP contribution in [-0.2, 0) is 17.9 Å². The van der Waals surface area contributed by atoms with E-state index in [1.165, 1.54) is 19.3 Å². The fourth-order valence-corrected chi connectivity index (χ4v) is 4.78. The minimum Gasteiger partial charge on any atom is -0.497 e. The predicted molar refractivity (Wildman–Crippen MR) is 131 cm³/mol. The maximum Gasteiger partial charge on any atom is 0.251 e. The van der Waals surface area contributed by atoms with Gasteiger partial charge in [0.05, 0.1) is 25.9 Å². The number of hydrogen-bond acceptors (Lipinski definition) is 4. The van der Waals surface area contributed by atoms with Crippen molar-refractivity contribution >= 4 is 17.6 Å². The molecule has 1 aliphatic heterocycles. The molecule has 7 nitrogen and oxygen atoms in total. The molecule has 2 aromatic carbocycles. The number of aryl methyl sites for hydroxylation is 1. The summed E-state index contributed by atoms with van der Waals surface area (Å²) < 4.78 is 7.14. The molecule has 34 heavy (non-hydrogen) atoms. The van der Waals surface area contributed by atoms with Crippen LogP contribution >= 0.6 is 0 Å². The molecule has 2 heterocycles. The van der Waals surface area contributed by atoms with Gasteiger partial charge in [-0.25, -0.2) is 4.68 Å². The van der Waals surface area contributed by atoms with Gasteiger partial charge in [0.2, 0.25) is 5.91 Å². The molecule has 7 heteroatoms. The number of benzene rings is 2. The molecule has 1 N–H and O–H groups in total. The fourth-order valence-electron chi connectivity index (χ4n) is 4.78. The second kappa shape index (κ2) is 9.71. The third-order valence-corrected chi connectivity index (χ3v) is 6.76. The Balaban J connectivity index is 1.30. The average Bonchev–Trinajstić information content (AvgIpc) is 3.31. The Kier molecular flexibility index (Phi) is 6.34. The van der Waals surface area contributed by atoms with E-state index in [0.29, 0.717) is 25.1 Å². The molecule has 0 radical (unpaired) electrons. The molecule has 1 fully saturated rings. The molecule has 1 saturated carbocycles. The molecular formula is C27H30N4O3. The lowest BCUT2D eigenvalue weighted by molar-refractivity contribution is -0.119. The summed E-state index contributed by atoms with van der Waals surface area (Å²) in [6, 6.07) is 17.6. The van der Waals surface area contributed by atoms with Crippen LogP contribution in [0.2, 0.25) is 0 Å². The number of fused-ring (bicyclic) bond motifs is 1. The molecule has 5 rings (SSSR count). The number of nitrogens with zero attached hydrogens (tertiary/aromatic N) is 3. The molecule has 0 saturated heterocycles. The summed E-state index contributed by atoms with van der Waals surface area (Å²) in [5.74, 6) is 1.64. The summed E-state index contributed by atoms with van der Waals surface area (Å²) in [5, 5.41) is 7.88. The summed E-state index contributed by atoms with van der Waals surface area (Å²) in [6.07, 6.45) is 6.17. The van der Waals surface area contributed by atoms with Crippen molar-refractivity contribution in [2.75, 3.05) is 12.0 Å². The summed E-state index contributed by atoms with van der Waals surface area (Å²) in [4.78, 5) is 27.2. The first-order chi connectivity index (χ1) is 16.6. The largest absolute Gasteiger partial charge is 0.497 e. The quantitative estimate of drug-likeness (QED) is 0.588. The van der Waals surface area contributed by atoms with Crippen molar-refractivity contribution in [3.63, 3.8) is 0 Å². The highest BCUT2D eigenvalue weighted by Gasteiger charge is 2.27. The molecule has 3 aromatic rings. The Labute approximate surface area is 199 Å². The van der Waals surface area contributed by atoms with Gasteiger partial charge < -0.3 is 10.1 Å². The third kappa shape index (κ3) is 4.69. The van der Waals surface area contributed by atoms with Gasteiger partial charge in [-0.15, -0.1) is 0 Å². The Bertz CT molecular complexity index is 1160. The fraction of sp³-hybridized carbons (Fsp3) is 0.370.